The summed E-state index contributed by atoms with van der Waals surface area (Å²) in [6, 6.07) is 10.4. The van der Waals surface area contributed by atoms with Crippen LogP contribution in [0.15, 0.2) is 41.2 Å². The summed E-state index contributed by atoms with van der Waals surface area (Å²) in [5.41, 5.74) is 2.67. The average molecular weight is 534 g/mol. The highest BCUT2D eigenvalue weighted by atomic mass is 35.5. The van der Waals surface area contributed by atoms with Crippen LogP contribution in [0.4, 0.5) is 5.69 Å². The van der Waals surface area contributed by atoms with E-state index in [1.54, 1.807) is 36.0 Å². The minimum atomic E-state index is -0.388. The molecule has 35 heavy (non-hydrogen) atoms. The molecule has 0 spiro atoms. The summed E-state index contributed by atoms with van der Waals surface area (Å²) in [6.07, 6.45) is 0.320. The molecule has 182 valence electrons. The van der Waals surface area contributed by atoms with Gasteiger partial charge in [0, 0.05) is 17.1 Å². The van der Waals surface area contributed by atoms with Gasteiger partial charge in [0.1, 0.15) is 17.1 Å². The standard InChI is InChI=1S/C24H23Cl3N6O2/c1-12(2)21-20-23(33(32-21)22-16(26)9-14(25)10-17(22)27)30-18(31-24(20)35)8-13-4-6-15(7-5-13)29-19(34)11-28-3/h4-7,9-10,12,28,32H,8,11H2,1-3H3,(H,29,34). The molecule has 2 aliphatic heterocycles. The monoisotopic (exact) mass is 532 g/mol. The molecule has 0 saturated carbocycles. The second kappa shape index (κ2) is 10.4. The molecule has 4 rings (SSSR count). The zero-order valence-corrected chi connectivity index (χ0v) is 21.5. The Morgan fingerprint density at radius 2 is 1.74 bits per heavy atom. The van der Waals surface area contributed by atoms with E-state index in [2.05, 4.69) is 20.7 Å². The fourth-order valence-electron chi connectivity index (χ4n) is 3.76. The van der Waals surface area contributed by atoms with E-state index in [4.69, 9.17) is 39.8 Å². The number of hydrogen-bond donors (Lipinski definition) is 3. The van der Waals surface area contributed by atoms with Crippen LogP contribution < -0.4 is 16.2 Å². The molecule has 0 atom stereocenters. The van der Waals surface area contributed by atoms with Crippen LogP contribution in [0.5, 0.6) is 0 Å². The van der Waals surface area contributed by atoms with Crippen LogP contribution in [-0.4, -0.2) is 39.2 Å². The first-order valence-electron chi connectivity index (χ1n) is 10.9. The van der Waals surface area contributed by atoms with Crippen molar-refractivity contribution >= 4 is 46.4 Å². The lowest BCUT2D eigenvalue weighted by Crippen LogP contribution is -2.25. The van der Waals surface area contributed by atoms with Gasteiger partial charge < -0.3 is 10.6 Å². The second-order valence-corrected chi connectivity index (χ2v) is 9.58. The Hall–Kier alpha value is -2.91. The number of nitrogens with one attached hydrogen (secondary N) is 3. The van der Waals surface area contributed by atoms with Gasteiger partial charge in [-0.2, -0.15) is 4.98 Å². The van der Waals surface area contributed by atoms with Crippen LogP contribution in [-0.2, 0) is 11.2 Å². The van der Waals surface area contributed by atoms with Gasteiger partial charge in [-0.05, 0) is 42.8 Å². The van der Waals surface area contributed by atoms with Crippen molar-refractivity contribution in [2.24, 2.45) is 0 Å². The first-order valence-corrected chi connectivity index (χ1v) is 12.0. The third kappa shape index (κ3) is 5.36. The molecule has 0 saturated heterocycles. The first kappa shape index (κ1) is 25.2. The quantitative estimate of drug-likeness (QED) is 0.314. The Morgan fingerprint density at radius 3 is 2.34 bits per heavy atom. The van der Waals surface area contributed by atoms with Crippen molar-refractivity contribution in [3.8, 4) is 17.1 Å². The van der Waals surface area contributed by atoms with E-state index in [1.165, 1.54) is 0 Å². The van der Waals surface area contributed by atoms with Gasteiger partial charge in [0.15, 0.2) is 5.82 Å². The summed E-state index contributed by atoms with van der Waals surface area (Å²) < 4.78 is 1.61. The molecule has 2 aliphatic rings. The number of amides is 1. The van der Waals surface area contributed by atoms with E-state index >= 15 is 0 Å². The summed E-state index contributed by atoms with van der Waals surface area (Å²) in [5, 5.41) is 9.85. The minimum Gasteiger partial charge on any atom is -0.325 e. The minimum absolute atomic E-state index is 0.00332. The predicted octanol–water partition coefficient (Wildman–Crippen LogP) is 4.89. The lowest BCUT2D eigenvalue weighted by atomic mass is 10.1. The van der Waals surface area contributed by atoms with E-state index in [1.807, 2.05) is 26.0 Å². The molecule has 1 amide bonds. The normalized spacial score (nSPS) is 11.4. The Morgan fingerprint density at radius 1 is 1.09 bits per heavy atom. The zero-order valence-electron chi connectivity index (χ0n) is 19.2. The van der Waals surface area contributed by atoms with E-state index in [0.717, 1.165) is 5.56 Å². The van der Waals surface area contributed by atoms with Crippen LogP contribution in [0.25, 0.3) is 17.1 Å². The van der Waals surface area contributed by atoms with Crippen molar-refractivity contribution in [1.29, 1.82) is 0 Å². The molecule has 11 heteroatoms. The van der Waals surface area contributed by atoms with Crippen molar-refractivity contribution in [2.45, 2.75) is 26.2 Å². The maximum atomic E-state index is 13.1. The summed E-state index contributed by atoms with van der Waals surface area (Å²) >= 11 is 19.0. The summed E-state index contributed by atoms with van der Waals surface area (Å²) in [4.78, 5) is 33.8. The molecule has 0 radical (unpaired) electrons. The number of aromatic nitrogens is 4. The third-order valence-electron chi connectivity index (χ3n) is 5.34. The number of H-pyrrole nitrogens is 1. The third-order valence-corrected chi connectivity index (χ3v) is 6.13. The van der Waals surface area contributed by atoms with Crippen molar-refractivity contribution in [2.75, 3.05) is 18.9 Å². The molecule has 0 aromatic heterocycles. The first-order chi connectivity index (χ1) is 16.7. The Bertz CT molecular complexity index is 1390. The second-order valence-electron chi connectivity index (χ2n) is 8.33. The Balaban J connectivity index is 1.75. The zero-order chi connectivity index (χ0) is 25.3. The van der Waals surface area contributed by atoms with Crippen LogP contribution >= 0.6 is 34.8 Å². The lowest BCUT2D eigenvalue weighted by Gasteiger charge is -2.12. The van der Waals surface area contributed by atoms with Gasteiger partial charge in [0.05, 0.1) is 22.3 Å². The molecule has 2 heterocycles. The van der Waals surface area contributed by atoms with Crippen molar-refractivity contribution in [3.05, 3.63) is 78.9 Å². The molecule has 0 unspecified atom stereocenters. The van der Waals surface area contributed by atoms with Crippen molar-refractivity contribution in [3.63, 3.8) is 0 Å². The van der Waals surface area contributed by atoms with Crippen LogP contribution in [0.1, 0.15) is 36.8 Å². The van der Waals surface area contributed by atoms with Gasteiger partial charge in [0.25, 0.3) is 5.56 Å². The topological polar surface area (TPSA) is 105 Å². The van der Waals surface area contributed by atoms with Gasteiger partial charge in [0.2, 0.25) is 5.91 Å². The van der Waals surface area contributed by atoms with Gasteiger partial charge in [-0.1, -0.05) is 60.8 Å². The van der Waals surface area contributed by atoms with E-state index < -0.39 is 0 Å². The number of carbonyl (C=O) groups excluding carboxylic acids is 1. The summed E-state index contributed by atoms with van der Waals surface area (Å²) in [6.45, 7) is 4.15. The Labute approximate surface area is 217 Å². The van der Waals surface area contributed by atoms with E-state index in [-0.39, 0.29) is 23.9 Å². The number of likely N-dealkylation sites (N-methyl/N-ethyl adjacent to an activating group) is 1. The van der Waals surface area contributed by atoms with E-state index in [9.17, 15) is 9.59 Å². The van der Waals surface area contributed by atoms with Crippen LogP contribution in [0.3, 0.4) is 0 Å². The van der Waals surface area contributed by atoms with Crippen LogP contribution in [0.2, 0.25) is 15.1 Å². The lowest BCUT2D eigenvalue weighted by molar-refractivity contribution is -0.115. The number of carbonyl (C=O) groups is 1. The molecule has 0 aliphatic carbocycles. The van der Waals surface area contributed by atoms with Gasteiger partial charge in [-0.15, -0.1) is 0 Å². The highest BCUT2D eigenvalue weighted by Gasteiger charge is 2.27. The number of fused-ring (bicyclic) bond motifs is 1. The van der Waals surface area contributed by atoms with Crippen LogP contribution in [0, 0.1) is 0 Å². The smallest absolute Gasteiger partial charge is 0.284 e. The molecule has 2 aromatic rings. The molecular formula is C24H23Cl3N6O2. The highest BCUT2D eigenvalue weighted by molar-refractivity contribution is 6.40. The molecule has 8 nitrogen and oxygen atoms in total. The van der Waals surface area contributed by atoms with Gasteiger partial charge >= 0.3 is 0 Å². The largest absolute Gasteiger partial charge is 0.325 e. The molecular weight excluding hydrogens is 511 g/mol. The molecule has 2 aromatic carbocycles. The number of hydrogen-bond acceptors (Lipinski definition) is 5. The molecule has 3 N–H and O–H groups in total. The number of nitrogens with zero attached hydrogens (tertiary/aromatic N) is 3. The summed E-state index contributed by atoms with van der Waals surface area (Å²) in [5.74, 6) is 0.587. The Kier molecular flexibility index (Phi) is 7.47. The number of halogens is 3. The maximum absolute atomic E-state index is 13.1. The average Bonchev–Trinajstić information content (AvgIpc) is 3.15. The fourth-order valence-corrected chi connectivity index (χ4v) is 4.75. The predicted molar refractivity (Wildman–Crippen MR) is 140 cm³/mol. The maximum Gasteiger partial charge on any atom is 0.284 e. The van der Waals surface area contributed by atoms with Gasteiger partial charge in [-0.25, -0.2) is 9.67 Å². The number of aromatic amines is 1. The summed E-state index contributed by atoms with van der Waals surface area (Å²) in [7, 11) is 1.71. The highest BCUT2D eigenvalue weighted by Crippen LogP contribution is 2.36. The number of anilines is 1. The fraction of sp³-hybridized carbons (Fsp3) is 0.250. The number of benzene rings is 2. The van der Waals surface area contributed by atoms with Gasteiger partial charge in [-0.3, -0.25) is 14.7 Å². The van der Waals surface area contributed by atoms with Crippen molar-refractivity contribution in [1.82, 2.24) is 25.1 Å². The SMILES string of the molecule is CNCC(=O)Nc1ccc(Cc2nc3n(-c4c(Cl)cc(Cl)cc4Cl)[nH]c(C(C)C)c-3c(=O)n2)cc1. The van der Waals surface area contributed by atoms with E-state index in [0.29, 0.717) is 55.8 Å². The van der Waals surface area contributed by atoms with Crippen molar-refractivity contribution < 1.29 is 4.79 Å². The molecule has 0 fully saturated rings. The molecule has 0 bridgehead atoms. The number of rotatable bonds is 7.